The molecular weight excluding hydrogens is 467 g/mol. The number of carbonyl (C=O) groups is 1. The van der Waals surface area contributed by atoms with E-state index in [-0.39, 0.29) is 33.2 Å². The number of nitrogen functional groups attached to an aromatic ring is 1. The normalized spacial score (nSPS) is 12.3. The van der Waals surface area contributed by atoms with E-state index in [1.165, 1.54) is 30.6 Å². The lowest BCUT2D eigenvalue weighted by Crippen LogP contribution is -2.15. The fourth-order valence-electron chi connectivity index (χ4n) is 2.79. The van der Waals surface area contributed by atoms with Gasteiger partial charge in [0.2, 0.25) is 5.78 Å². The van der Waals surface area contributed by atoms with Crippen LogP contribution in [0.4, 0.5) is 24.7 Å². The lowest BCUT2D eigenvalue weighted by Gasteiger charge is -2.14. The van der Waals surface area contributed by atoms with E-state index in [9.17, 15) is 22.2 Å². The van der Waals surface area contributed by atoms with Gasteiger partial charge in [0.1, 0.15) is 22.5 Å². The first kappa shape index (κ1) is 23.4. The summed E-state index contributed by atoms with van der Waals surface area (Å²) in [5.41, 5.74) is 5.21. The third kappa shape index (κ3) is 4.78. The summed E-state index contributed by atoms with van der Waals surface area (Å²) in [4.78, 5) is 20.8. The zero-order valence-electron chi connectivity index (χ0n) is 16.3. The van der Waals surface area contributed by atoms with Crippen molar-refractivity contribution in [1.29, 1.82) is 5.41 Å². The molecule has 0 saturated heterocycles. The first-order valence-electron chi connectivity index (χ1n) is 8.84. The van der Waals surface area contributed by atoms with Crippen molar-refractivity contribution >= 4 is 46.1 Å². The highest BCUT2D eigenvalue weighted by Gasteiger charge is 2.34. The molecular formula is C20H15ClF3N5O2S. The van der Waals surface area contributed by atoms with Gasteiger partial charge >= 0.3 is 6.18 Å². The lowest BCUT2D eigenvalue weighted by atomic mass is 10.0. The van der Waals surface area contributed by atoms with Gasteiger partial charge < -0.3 is 11.1 Å². The van der Waals surface area contributed by atoms with Crippen LogP contribution in [0.25, 0.3) is 0 Å². The molecule has 0 aliphatic heterocycles. The Labute approximate surface area is 187 Å². The Morgan fingerprint density at radius 1 is 1.25 bits per heavy atom. The van der Waals surface area contributed by atoms with Crippen LogP contribution in [0.2, 0.25) is 5.02 Å². The van der Waals surface area contributed by atoms with Crippen molar-refractivity contribution in [1.82, 2.24) is 9.97 Å². The Hall–Kier alpha value is -3.31. The van der Waals surface area contributed by atoms with E-state index in [2.05, 4.69) is 14.7 Å². The summed E-state index contributed by atoms with van der Waals surface area (Å²) >= 11 is 5.61. The van der Waals surface area contributed by atoms with Crippen molar-refractivity contribution in [3.63, 3.8) is 0 Å². The summed E-state index contributed by atoms with van der Waals surface area (Å²) in [7, 11) is -2.17. The van der Waals surface area contributed by atoms with E-state index < -0.39 is 33.5 Å². The number of aromatic nitrogens is 2. The summed E-state index contributed by atoms with van der Waals surface area (Å²) < 4.78 is 54.8. The number of hydrogen-bond acceptors (Lipinski definition) is 6. The second kappa shape index (κ2) is 9.05. The summed E-state index contributed by atoms with van der Waals surface area (Å²) in [5.74, 6) is -0.666. The summed E-state index contributed by atoms with van der Waals surface area (Å²) in [6, 6.07) is 5.69. The molecule has 0 aliphatic carbocycles. The Morgan fingerprint density at radius 3 is 2.62 bits per heavy atom. The molecule has 32 heavy (non-hydrogen) atoms. The minimum Gasteiger partial charge on any atom is -0.383 e. The number of alkyl halides is 3. The maximum Gasteiger partial charge on any atom is 0.417 e. The molecule has 0 saturated carbocycles. The van der Waals surface area contributed by atoms with Crippen molar-refractivity contribution in [3.05, 3.63) is 75.7 Å². The first-order chi connectivity index (χ1) is 15.0. The molecule has 4 N–H and O–H groups in total. The molecule has 166 valence electrons. The molecule has 3 rings (SSSR count). The first-order valence-corrected chi connectivity index (χ1v) is 10.4. The smallest absolute Gasteiger partial charge is 0.383 e. The molecule has 12 heteroatoms. The summed E-state index contributed by atoms with van der Waals surface area (Å²) in [6.45, 7) is 1.67. The van der Waals surface area contributed by atoms with Crippen molar-refractivity contribution in [2.24, 2.45) is 0 Å². The van der Waals surface area contributed by atoms with E-state index >= 15 is 0 Å². The number of aryl methyl sites for hydroxylation is 1. The highest BCUT2D eigenvalue weighted by atomic mass is 35.5. The number of carbonyl (C=O) groups excluding carboxylic acids is 1. The molecule has 3 aromatic rings. The Kier molecular flexibility index (Phi) is 6.60. The molecule has 0 aliphatic rings. The number of ketones is 1. The number of rotatable bonds is 6. The third-order valence-corrected chi connectivity index (χ3v) is 5.73. The van der Waals surface area contributed by atoms with Gasteiger partial charge in [0.05, 0.1) is 21.2 Å². The zero-order valence-corrected chi connectivity index (χ0v) is 17.9. The highest BCUT2D eigenvalue weighted by molar-refractivity contribution is 7.86. The molecule has 7 nitrogen and oxygen atoms in total. The number of anilines is 2. The largest absolute Gasteiger partial charge is 0.417 e. The lowest BCUT2D eigenvalue weighted by molar-refractivity contribution is -0.137. The number of nitrogens with two attached hydrogens (primary N) is 1. The molecule has 1 atom stereocenters. The topological polar surface area (TPSA) is 122 Å². The number of nitrogens with zero attached hydrogens (tertiary/aromatic N) is 2. The van der Waals surface area contributed by atoms with Crippen molar-refractivity contribution < 1.29 is 22.2 Å². The zero-order chi connectivity index (χ0) is 23.6. The van der Waals surface area contributed by atoms with Crippen LogP contribution in [0.1, 0.15) is 32.7 Å². The average Bonchev–Trinajstić information content (AvgIpc) is 2.72. The number of hydrogen-bond donors (Lipinski definition) is 3. The van der Waals surface area contributed by atoms with Crippen LogP contribution in [0.15, 0.2) is 47.6 Å². The van der Waals surface area contributed by atoms with E-state index in [0.717, 1.165) is 12.3 Å². The molecule has 0 bridgehead atoms. The molecule has 0 amide bonds. The van der Waals surface area contributed by atoms with Gasteiger partial charge in [-0.3, -0.25) is 14.5 Å². The predicted molar refractivity (Wildman–Crippen MR) is 115 cm³/mol. The standard InChI is InChI=1S/C20H15ClF3N5O2S/c1-10-6-16(29-32(31)11-2-3-15(21)14(7-11)20(22,23)24)17(28-9-10)18(30)12-4-5-27-19(26)13(12)8-25/h2-9,25,29H,1H3,(H2,26,27). The van der Waals surface area contributed by atoms with Gasteiger partial charge in [0, 0.05) is 29.7 Å². The number of halogens is 4. The highest BCUT2D eigenvalue weighted by Crippen LogP contribution is 2.36. The molecule has 0 radical (unpaired) electrons. The van der Waals surface area contributed by atoms with Gasteiger partial charge in [-0.25, -0.2) is 9.19 Å². The van der Waals surface area contributed by atoms with Gasteiger partial charge in [0.25, 0.3) is 0 Å². The Morgan fingerprint density at radius 2 is 1.97 bits per heavy atom. The molecule has 1 unspecified atom stereocenters. The summed E-state index contributed by atoms with van der Waals surface area (Å²) in [6.07, 6.45) is -1.16. The molecule has 1 aromatic carbocycles. The van der Waals surface area contributed by atoms with Gasteiger partial charge in [-0.1, -0.05) is 11.6 Å². The van der Waals surface area contributed by atoms with E-state index in [1.807, 2.05) is 0 Å². The van der Waals surface area contributed by atoms with Gasteiger partial charge in [-0.2, -0.15) is 13.2 Å². The SMILES string of the molecule is Cc1cnc(C(=O)c2ccnc(N)c2C=N)c(NS(=O)c2ccc(Cl)c(C(F)(F)F)c2)c1. The van der Waals surface area contributed by atoms with Gasteiger partial charge in [-0.05, 0) is 42.8 Å². The average molecular weight is 482 g/mol. The van der Waals surface area contributed by atoms with Crippen molar-refractivity contribution in [3.8, 4) is 0 Å². The quantitative estimate of drug-likeness (QED) is 0.356. The number of benzene rings is 1. The maximum atomic E-state index is 13.1. The molecule has 0 fully saturated rings. The van der Waals surface area contributed by atoms with E-state index in [4.69, 9.17) is 22.7 Å². The predicted octanol–water partition coefficient (Wildman–Crippen LogP) is 4.40. The van der Waals surface area contributed by atoms with Crippen LogP contribution in [-0.4, -0.2) is 26.2 Å². The molecule has 2 aromatic heterocycles. The molecule has 2 heterocycles. The number of nitrogens with one attached hydrogen (secondary N) is 2. The fourth-order valence-corrected chi connectivity index (χ4v) is 3.90. The van der Waals surface area contributed by atoms with Gasteiger partial charge in [-0.15, -0.1) is 0 Å². The van der Waals surface area contributed by atoms with Crippen molar-refractivity contribution in [2.45, 2.75) is 18.0 Å². The van der Waals surface area contributed by atoms with E-state index in [0.29, 0.717) is 11.6 Å². The maximum absolute atomic E-state index is 13.1. The third-order valence-electron chi connectivity index (χ3n) is 4.31. The van der Waals surface area contributed by atoms with Crippen LogP contribution < -0.4 is 10.5 Å². The van der Waals surface area contributed by atoms with Crippen LogP contribution in [0, 0.1) is 12.3 Å². The monoisotopic (exact) mass is 481 g/mol. The summed E-state index contributed by atoms with van der Waals surface area (Å²) in [5, 5.41) is 6.97. The van der Waals surface area contributed by atoms with Crippen LogP contribution in [-0.2, 0) is 17.2 Å². The Bertz CT molecular complexity index is 1250. The number of pyridine rings is 2. The second-order valence-corrected chi connectivity index (χ2v) is 8.17. The minimum absolute atomic E-state index is 0.0307. The molecule has 0 spiro atoms. The van der Waals surface area contributed by atoms with Crippen molar-refractivity contribution in [2.75, 3.05) is 10.5 Å². The van der Waals surface area contributed by atoms with Gasteiger partial charge in [0.15, 0.2) is 0 Å². The van der Waals surface area contributed by atoms with E-state index in [1.54, 1.807) is 6.92 Å². The second-order valence-electron chi connectivity index (χ2n) is 6.55. The Balaban J connectivity index is 2.02. The van der Waals surface area contributed by atoms with Crippen LogP contribution >= 0.6 is 11.6 Å². The minimum atomic E-state index is -4.73. The fraction of sp³-hybridized carbons (Fsp3) is 0.100. The van der Waals surface area contributed by atoms with Crippen LogP contribution in [0.5, 0.6) is 0 Å². The van der Waals surface area contributed by atoms with Crippen LogP contribution in [0.3, 0.4) is 0 Å².